The van der Waals surface area contributed by atoms with E-state index >= 15 is 0 Å². The average molecular weight is 274 g/mol. The van der Waals surface area contributed by atoms with Gasteiger partial charge in [0.25, 0.3) is 0 Å². The van der Waals surface area contributed by atoms with Crippen LogP contribution in [0.15, 0.2) is 0 Å². The number of anilines is 1. The molecule has 1 N–H and O–H groups in total. The molecule has 3 rings (SSSR count). The molecule has 2 aliphatic heterocycles. The highest BCUT2D eigenvalue weighted by molar-refractivity contribution is 6.32. The molecule has 92 valence electrons. The van der Waals surface area contributed by atoms with E-state index in [4.69, 9.17) is 23.2 Å². The summed E-state index contributed by atoms with van der Waals surface area (Å²) in [6.45, 7) is 2.35. The Bertz CT molecular complexity index is 427. The molecule has 2 fully saturated rings. The summed E-state index contributed by atoms with van der Waals surface area (Å²) in [5.74, 6) is 0.547. The van der Waals surface area contributed by atoms with Crippen LogP contribution in [0.4, 0.5) is 5.82 Å². The van der Waals surface area contributed by atoms with Gasteiger partial charge in [-0.2, -0.15) is 4.98 Å². The van der Waals surface area contributed by atoms with Gasteiger partial charge in [-0.1, -0.05) is 11.6 Å². The zero-order valence-corrected chi connectivity index (χ0v) is 10.7. The van der Waals surface area contributed by atoms with Gasteiger partial charge < -0.3 is 5.32 Å². The van der Waals surface area contributed by atoms with Gasteiger partial charge in [-0.3, -0.25) is 4.90 Å². The lowest BCUT2D eigenvalue weighted by molar-refractivity contribution is 0.318. The van der Waals surface area contributed by atoms with Crippen LogP contribution >= 0.6 is 23.2 Å². The maximum Gasteiger partial charge on any atom is 0.245 e. The van der Waals surface area contributed by atoms with Gasteiger partial charge in [0.15, 0.2) is 11.0 Å². The number of hydrogen-bond acceptors (Lipinski definition) is 5. The lowest BCUT2D eigenvalue weighted by Gasteiger charge is -2.21. The lowest BCUT2D eigenvalue weighted by Crippen LogP contribution is -2.34. The number of halogens is 2. The highest BCUT2D eigenvalue weighted by atomic mass is 35.5. The van der Waals surface area contributed by atoms with Crippen molar-refractivity contribution in [2.75, 3.05) is 18.4 Å². The van der Waals surface area contributed by atoms with Crippen LogP contribution in [0.5, 0.6) is 0 Å². The molecule has 0 bridgehead atoms. The number of nitrogens with one attached hydrogen (secondary N) is 1. The van der Waals surface area contributed by atoms with Crippen LogP contribution in [0.25, 0.3) is 0 Å². The second-order valence-corrected chi connectivity index (χ2v) is 5.20. The van der Waals surface area contributed by atoms with E-state index in [1.54, 1.807) is 0 Å². The second kappa shape index (κ2) is 4.55. The monoisotopic (exact) mass is 273 g/mol. The normalized spacial score (nSPS) is 28.4. The Hall–Kier alpha value is -0.650. The van der Waals surface area contributed by atoms with Crippen LogP contribution in [-0.4, -0.2) is 45.3 Å². The molecule has 17 heavy (non-hydrogen) atoms. The molecule has 7 heteroatoms. The Kier molecular flexibility index (Phi) is 3.06. The van der Waals surface area contributed by atoms with Gasteiger partial charge in [-0.25, -0.2) is 0 Å². The van der Waals surface area contributed by atoms with Crippen LogP contribution in [0, 0.1) is 0 Å². The molecule has 5 nitrogen and oxygen atoms in total. The van der Waals surface area contributed by atoms with Gasteiger partial charge in [0.1, 0.15) is 0 Å². The molecule has 0 spiro atoms. The number of aromatic nitrogens is 3. The SMILES string of the molecule is Clc1nnc(Cl)c(NC2CCN3CCCC23)n1. The minimum absolute atomic E-state index is 0.123. The minimum atomic E-state index is 0.123. The number of fused-ring (bicyclic) bond motifs is 1. The van der Waals surface area contributed by atoms with Gasteiger partial charge >= 0.3 is 0 Å². The number of hydrogen-bond donors (Lipinski definition) is 1. The van der Waals surface area contributed by atoms with Crippen molar-refractivity contribution in [3.63, 3.8) is 0 Å². The molecule has 0 saturated carbocycles. The smallest absolute Gasteiger partial charge is 0.245 e. The first-order valence-electron chi connectivity index (χ1n) is 5.80. The van der Waals surface area contributed by atoms with Crippen molar-refractivity contribution in [1.29, 1.82) is 0 Å². The predicted octanol–water partition coefficient (Wildman–Crippen LogP) is 1.83. The Morgan fingerprint density at radius 3 is 2.94 bits per heavy atom. The molecule has 1 aromatic rings. The Morgan fingerprint density at radius 2 is 2.06 bits per heavy atom. The summed E-state index contributed by atoms with van der Waals surface area (Å²) in [5.41, 5.74) is 0. The van der Waals surface area contributed by atoms with Crippen LogP contribution < -0.4 is 5.32 Å². The van der Waals surface area contributed by atoms with Gasteiger partial charge in [0.05, 0.1) is 0 Å². The first kappa shape index (κ1) is 11.4. The largest absolute Gasteiger partial charge is 0.363 e. The van der Waals surface area contributed by atoms with Gasteiger partial charge in [-0.15, -0.1) is 10.2 Å². The molecule has 1 aromatic heterocycles. The third-order valence-electron chi connectivity index (χ3n) is 3.55. The summed E-state index contributed by atoms with van der Waals surface area (Å²) in [6, 6.07) is 0.988. The van der Waals surface area contributed by atoms with E-state index in [2.05, 4.69) is 25.4 Å². The average Bonchev–Trinajstić information content (AvgIpc) is 2.88. The van der Waals surface area contributed by atoms with Crippen molar-refractivity contribution in [2.24, 2.45) is 0 Å². The van der Waals surface area contributed by atoms with Crippen molar-refractivity contribution < 1.29 is 0 Å². The topological polar surface area (TPSA) is 53.9 Å². The maximum atomic E-state index is 5.95. The second-order valence-electron chi connectivity index (χ2n) is 4.51. The van der Waals surface area contributed by atoms with E-state index < -0.39 is 0 Å². The number of nitrogens with zero attached hydrogens (tertiary/aromatic N) is 4. The molecule has 2 aliphatic rings. The van der Waals surface area contributed by atoms with Crippen molar-refractivity contribution in [3.8, 4) is 0 Å². The third kappa shape index (κ3) is 2.19. The van der Waals surface area contributed by atoms with Crippen LogP contribution in [0.3, 0.4) is 0 Å². The fourth-order valence-corrected chi connectivity index (χ4v) is 3.07. The van der Waals surface area contributed by atoms with Crippen molar-refractivity contribution >= 4 is 29.0 Å². The quantitative estimate of drug-likeness (QED) is 0.891. The lowest BCUT2D eigenvalue weighted by atomic mass is 10.1. The molecule has 2 unspecified atom stereocenters. The van der Waals surface area contributed by atoms with Gasteiger partial charge in [0.2, 0.25) is 5.28 Å². The maximum absolute atomic E-state index is 5.95. The Morgan fingerprint density at radius 1 is 1.18 bits per heavy atom. The molecule has 0 aliphatic carbocycles. The predicted molar refractivity (Wildman–Crippen MR) is 66.5 cm³/mol. The highest BCUT2D eigenvalue weighted by Gasteiger charge is 2.37. The molecular formula is C10H13Cl2N5. The van der Waals surface area contributed by atoms with Gasteiger partial charge in [0, 0.05) is 18.6 Å². The first-order chi connectivity index (χ1) is 8.24. The standard InChI is InChI=1S/C10H13Cl2N5/c11-8-9(14-10(12)16-15-8)13-6-3-5-17-4-1-2-7(6)17/h6-7H,1-5H2,(H,13,14,16). The van der Waals surface area contributed by atoms with Crippen LogP contribution in [-0.2, 0) is 0 Å². The molecule has 3 heterocycles. The van der Waals surface area contributed by atoms with E-state index in [9.17, 15) is 0 Å². The zero-order chi connectivity index (χ0) is 11.8. The molecule has 0 radical (unpaired) electrons. The molecule has 0 amide bonds. The van der Waals surface area contributed by atoms with Crippen molar-refractivity contribution in [3.05, 3.63) is 10.4 Å². The summed E-state index contributed by atoms with van der Waals surface area (Å²) >= 11 is 11.7. The molecule has 2 saturated heterocycles. The van der Waals surface area contributed by atoms with Gasteiger partial charge in [-0.05, 0) is 37.4 Å². The third-order valence-corrected chi connectivity index (χ3v) is 3.96. The summed E-state index contributed by atoms with van der Waals surface area (Å²) in [5, 5.41) is 11.1. The van der Waals surface area contributed by atoms with E-state index in [1.807, 2.05) is 0 Å². The van der Waals surface area contributed by atoms with Crippen molar-refractivity contribution in [1.82, 2.24) is 20.1 Å². The molecule has 0 aromatic carbocycles. The van der Waals surface area contributed by atoms with E-state index in [1.165, 1.54) is 19.4 Å². The van der Waals surface area contributed by atoms with Crippen molar-refractivity contribution in [2.45, 2.75) is 31.3 Å². The van der Waals surface area contributed by atoms with E-state index in [0.29, 0.717) is 17.9 Å². The summed E-state index contributed by atoms with van der Waals surface area (Å²) in [4.78, 5) is 6.60. The summed E-state index contributed by atoms with van der Waals surface area (Å²) in [6.07, 6.45) is 3.63. The summed E-state index contributed by atoms with van der Waals surface area (Å²) in [7, 11) is 0. The summed E-state index contributed by atoms with van der Waals surface area (Å²) < 4.78 is 0. The van der Waals surface area contributed by atoms with E-state index in [0.717, 1.165) is 13.0 Å². The molecule has 2 atom stereocenters. The fourth-order valence-electron chi connectivity index (χ4n) is 2.81. The van der Waals surface area contributed by atoms with E-state index in [-0.39, 0.29) is 10.4 Å². The Balaban J connectivity index is 1.76. The van der Waals surface area contributed by atoms with Crippen LogP contribution in [0.2, 0.25) is 10.4 Å². The Labute approximate surface area is 110 Å². The minimum Gasteiger partial charge on any atom is -0.363 e. The first-order valence-corrected chi connectivity index (χ1v) is 6.56. The fraction of sp³-hybridized carbons (Fsp3) is 0.700. The zero-order valence-electron chi connectivity index (χ0n) is 9.24. The van der Waals surface area contributed by atoms with Crippen LogP contribution in [0.1, 0.15) is 19.3 Å². The highest BCUT2D eigenvalue weighted by Crippen LogP contribution is 2.30. The number of rotatable bonds is 2. The molecular weight excluding hydrogens is 261 g/mol.